The highest BCUT2D eigenvalue weighted by atomic mass is 32.1. The fraction of sp³-hybridized carbons (Fsp3) is 0.235. The average Bonchev–Trinajstić information content (AvgIpc) is 3.22. The largest absolute Gasteiger partial charge is 0.454 e. The van der Waals surface area contributed by atoms with Crippen LogP contribution in [-0.4, -0.2) is 40.9 Å². The van der Waals surface area contributed by atoms with Gasteiger partial charge in [0.1, 0.15) is 0 Å². The Balaban J connectivity index is 1.66. The van der Waals surface area contributed by atoms with Crippen LogP contribution in [0.25, 0.3) is 12.2 Å². The van der Waals surface area contributed by atoms with Gasteiger partial charge in [-0.3, -0.25) is 4.79 Å². The first-order valence-electron chi connectivity index (χ1n) is 7.48. The molecule has 0 amide bonds. The summed E-state index contributed by atoms with van der Waals surface area (Å²) in [4.78, 5) is 42.9. The molecule has 0 aliphatic carbocycles. The summed E-state index contributed by atoms with van der Waals surface area (Å²) in [6.45, 7) is 2.77. The van der Waals surface area contributed by atoms with Gasteiger partial charge in [-0.15, -0.1) is 22.7 Å². The van der Waals surface area contributed by atoms with Crippen molar-refractivity contribution in [2.75, 3.05) is 13.2 Å². The number of Topliss-reactive ketones (excluding diaryl/α,β-unsaturated/α-hetero) is 1. The number of nitrogens with zero attached hydrogens (tertiary/aromatic N) is 2. The van der Waals surface area contributed by atoms with E-state index in [1.165, 1.54) is 47.0 Å². The molecule has 2 rings (SSSR count). The maximum absolute atomic E-state index is 11.6. The van der Waals surface area contributed by atoms with E-state index >= 15 is 0 Å². The van der Waals surface area contributed by atoms with Crippen molar-refractivity contribution in [3.05, 3.63) is 44.3 Å². The Morgan fingerprint density at radius 2 is 1.31 bits per heavy atom. The maximum atomic E-state index is 11.6. The maximum Gasteiger partial charge on any atom is 0.331 e. The minimum atomic E-state index is -0.672. The van der Waals surface area contributed by atoms with Crippen LogP contribution >= 0.6 is 22.7 Å². The first-order chi connectivity index (χ1) is 12.4. The van der Waals surface area contributed by atoms with Crippen molar-refractivity contribution in [1.29, 1.82) is 0 Å². The van der Waals surface area contributed by atoms with Crippen LogP contribution in [0.2, 0.25) is 0 Å². The number of aryl methyl sites for hydroxylation is 2. The highest BCUT2D eigenvalue weighted by Gasteiger charge is 2.08. The summed E-state index contributed by atoms with van der Waals surface area (Å²) in [5, 5.41) is 5.36. The molecule has 136 valence electrons. The summed E-state index contributed by atoms with van der Waals surface area (Å²) < 4.78 is 9.56. The number of esters is 2. The van der Waals surface area contributed by atoms with Crippen molar-refractivity contribution >= 4 is 52.5 Å². The van der Waals surface area contributed by atoms with Crippen molar-refractivity contribution < 1.29 is 23.9 Å². The van der Waals surface area contributed by atoms with E-state index in [0.717, 1.165) is 10.0 Å². The first-order valence-corrected chi connectivity index (χ1v) is 9.24. The van der Waals surface area contributed by atoms with Gasteiger partial charge in [-0.05, 0) is 26.0 Å². The molecule has 2 aromatic heterocycles. The van der Waals surface area contributed by atoms with Crippen molar-refractivity contribution in [3.8, 4) is 0 Å². The Bertz CT molecular complexity index is 783. The van der Waals surface area contributed by atoms with Crippen molar-refractivity contribution in [2.45, 2.75) is 13.8 Å². The molecule has 0 N–H and O–H groups in total. The molecule has 0 radical (unpaired) electrons. The van der Waals surface area contributed by atoms with E-state index in [1.54, 1.807) is 10.8 Å². The molecular weight excluding hydrogens is 376 g/mol. The number of ether oxygens (including phenoxy) is 2. The Kier molecular flexibility index (Phi) is 7.37. The van der Waals surface area contributed by atoms with Gasteiger partial charge in [-0.25, -0.2) is 19.6 Å². The molecular formula is C17H16N2O5S2. The van der Waals surface area contributed by atoms with Gasteiger partial charge < -0.3 is 9.47 Å². The monoisotopic (exact) mass is 392 g/mol. The van der Waals surface area contributed by atoms with Crippen LogP contribution in [0, 0.1) is 13.8 Å². The standard InChI is InChI=1S/C17H16N2O5S2/c1-11-18-13(9-25-11)3-5-16(21)23-7-15(20)8-24-17(22)6-4-14-10-26-12(2)19-14/h3-6,9-10H,7-8H2,1-2H3/b5-3+,6-4+. The molecule has 0 saturated heterocycles. The highest BCUT2D eigenvalue weighted by molar-refractivity contribution is 7.09. The fourth-order valence-electron chi connectivity index (χ4n) is 1.66. The molecule has 2 aromatic rings. The van der Waals surface area contributed by atoms with Crippen LogP contribution < -0.4 is 0 Å². The van der Waals surface area contributed by atoms with Gasteiger partial charge >= 0.3 is 11.9 Å². The molecule has 7 nitrogen and oxygen atoms in total. The zero-order chi connectivity index (χ0) is 18.9. The number of carbonyl (C=O) groups is 3. The molecule has 2 heterocycles. The summed E-state index contributed by atoms with van der Waals surface area (Å²) in [6.07, 6.45) is 5.38. The number of aromatic nitrogens is 2. The Labute approximate surface area is 158 Å². The molecule has 0 atom stereocenters. The molecule has 0 aromatic carbocycles. The van der Waals surface area contributed by atoms with Crippen LogP contribution in [0.5, 0.6) is 0 Å². The van der Waals surface area contributed by atoms with Gasteiger partial charge in [0, 0.05) is 22.9 Å². The van der Waals surface area contributed by atoms with Crippen molar-refractivity contribution in [2.24, 2.45) is 0 Å². The topological polar surface area (TPSA) is 95.5 Å². The number of rotatable bonds is 8. The lowest BCUT2D eigenvalue weighted by atomic mass is 10.4. The smallest absolute Gasteiger partial charge is 0.331 e. The van der Waals surface area contributed by atoms with Gasteiger partial charge in [0.05, 0.1) is 21.4 Å². The predicted molar refractivity (Wildman–Crippen MR) is 98.7 cm³/mol. The minimum absolute atomic E-state index is 0.471. The number of thiazole rings is 2. The zero-order valence-electron chi connectivity index (χ0n) is 14.1. The molecule has 9 heteroatoms. The lowest BCUT2D eigenvalue weighted by molar-refractivity contribution is -0.148. The molecule has 0 saturated carbocycles. The van der Waals surface area contributed by atoms with Gasteiger partial charge in [0.2, 0.25) is 5.78 Å². The Hall–Kier alpha value is -2.65. The fourth-order valence-corrected chi connectivity index (χ4v) is 2.82. The molecule has 0 spiro atoms. The first kappa shape index (κ1) is 19.7. The van der Waals surface area contributed by atoms with E-state index in [9.17, 15) is 14.4 Å². The van der Waals surface area contributed by atoms with E-state index in [4.69, 9.17) is 9.47 Å². The molecule has 26 heavy (non-hydrogen) atoms. The third-order valence-electron chi connectivity index (χ3n) is 2.80. The summed E-state index contributed by atoms with van der Waals surface area (Å²) in [5.74, 6) is -1.87. The van der Waals surface area contributed by atoms with E-state index in [0.29, 0.717) is 11.4 Å². The third kappa shape index (κ3) is 7.08. The second-order valence-corrected chi connectivity index (χ2v) is 7.13. The highest BCUT2D eigenvalue weighted by Crippen LogP contribution is 2.10. The van der Waals surface area contributed by atoms with Crippen LogP contribution in [0.15, 0.2) is 22.9 Å². The summed E-state index contributed by atoms with van der Waals surface area (Å²) >= 11 is 2.92. The second-order valence-electron chi connectivity index (χ2n) is 5.00. The third-order valence-corrected chi connectivity index (χ3v) is 4.39. The van der Waals surface area contributed by atoms with Crippen LogP contribution in [0.3, 0.4) is 0 Å². The number of ketones is 1. The molecule has 0 aliphatic rings. The number of carbonyl (C=O) groups excluding carboxylic acids is 3. The van der Waals surface area contributed by atoms with Crippen molar-refractivity contribution in [1.82, 2.24) is 9.97 Å². The van der Waals surface area contributed by atoms with Crippen LogP contribution in [-0.2, 0) is 23.9 Å². The average molecular weight is 392 g/mol. The van der Waals surface area contributed by atoms with Gasteiger partial charge in [0.15, 0.2) is 13.2 Å². The lowest BCUT2D eigenvalue weighted by Gasteiger charge is -2.02. The molecule has 0 aliphatic heterocycles. The van der Waals surface area contributed by atoms with Crippen molar-refractivity contribution in [3.63, 3.8) is 0 Å². The van der Waals surface area contributed by atoms with E-state index in [2.05, 4.69) is 9.97 Å². The predicted octanol–water partition coefficient (Wildman–Crippen LogP) is 2.60. The number of hydrogen-bond acceptors (Lipinski definition) is 9. The van der Waals surface area contributed by atoms with Crippen LogP contribution in [0.1, 0.15) is 21.4 Å². The normalized spacial score (nSPS) is 11.2. The minimum Gasteiger partial charge on any atom is -0.454 e. The van der Waals surface area contributed by atoms with E-state index in [-0.39, 0.29) is 0 Å². The summed E-state index contributed by atoms with van der Waals surface area (Å²) in [7, 11) is 0. The lowest BCUT2D eigenvalue weighted by Crippen LogP contribution is -2.19. The molecule has 0 bridgehead atoms. The summed E-state index contributed by atoms with van der Waals surface area (Å²) in [6, 6.07) is 0. The summed E-state index contributed by atoms with van der Waals surface area (Å²) in [5.41, 5.74) is 1.29. The number of hydrogen-bond donors (Lipinski definition) is 0. The SMILES string of the molecule is Cc1nc(/C=C/C(=O)OCC(=O)COC(=O)/C=C/c2csc(C)n2)cs1. The van der Waals surface area contributed by atoms with Gasteiger partial charge in [-0.1, -0.05) is 0 Å². The van der Waals surface area contributed by atoms with E-state index in [1.807, 2.05) is 13.8 Å². The van der Waals surface area contributed by atoms with Crippen LogP contribution in [0.4, 0.5) is 0 Å². The Morgan fingerprint density at radius 3 is 1.65 bits per heavy atom. The van der Waals surface area contributed by atoms with E-state index < -0.39 is 30.9 Å². The Morgan fingerprint density at radius 1 is 0.885 bits per heavy atom. The van der Waals surface area contributed by atoms with Gasteiger partial charge in [-0.2, -0.15) is 0 Å². The molecule has 0 fully saturated rings. The van der Waals surface area contributed by atoms with Gasteiger partial charge in [0.25, 0.3) is 0 Å². The molecule has 0 unspecified atom stereocenters. The quantitative estimate of drug-likeness (QED) is 0.503. The zero-order valence-corrected chi connectivity index (χ0v) is 15.8. The second kappa shape index (κ2) is 9.73.